The topological polar surface area (TPSA) is 82.0 Å². The molecule has 1 aromatic carbocycles. The summed E-state index contributed by atoms with van der Waals surface area (Å²) in [6.07, 6.45) is 0. The van der Waals surface area contributed by atoms with Gasteiger partial charge in [-0.2, -0.15) is 0 Å². The van der Waals surface area contributed by atoms with Gasteiger partial charge in [0, 0.05) is 11.1 Å². The van der Waals surface area contributed by atoms with Crippen LogP contribution in [0.1, 0.15) is 38.8 Å². The molecule has 25 heavy (non-hydrogen) atoms. The highest BCUT2D eigenvalue weighted by atomic mass is 16.6. The lowest BCUT2D eigenvalue weighted by atomic mass is 9.94. The van der Waals surface area contributed by atoms with Crippen molar-refractivity contribution in [2.24, 2.45) is 10.3 Å². The Bertz CT molecular complexity index is 711. The minimum absolute atomic E-state index is 0.0727. The number of methoxy groups -OCH3 is 1. The van der Waals surface area contributed by atoms with Crippen LogP contribution in [0.25, 0.3) is 0 Å². The Morgan fingerprint density at radius 3 is 2.36 bits per heavy atom. The molecule has 1 aromatic rings. The second-order valence-corrected chi connectivity index (χ2v) is 6.37. The lowest BCUT2D eigenvalue weighted by Gasteiger charge is -2.11. The van der Waals surface area contributed by atoms with Crippen molar-refractivity contribution in [2.45, 2.75) is 45.5 Å². The van der Waals surface area contributed by atoms with Crippen LogP contribution in [0.5, 0.6) is 0 Å². The Kier molecular flexibility index (Phi) is 5.47. The number of benzene rings is 1. The highest BCUT2D eigenvalue weighted by Gasteiger charge is 2.62. The van der Waals surface area contributed by atoms with Crippen LogP contribution in [-0.4, -0.2) is 42.8 Å². The normalized spacial score (nSPS) is 22.3. The van der Waals surface area contributed by atoms with Gasteiger partial charge in [-0.15, -0.1) is 0 Å². The first-order chi connectivity index (χ1) is 11.8. The molecular weight excluding hydrogens is 324 g/mol. The molecule has 1 aliphatic heterocycles. The first-order valence-electron chi connectivity index (χ1n) is 7.91. The van der Waals surface area contributed by atoms with Crippen LogP contribution >= 0.6 is 0 Å². The second-order valence-electron chi connectivity index (χ2n) is 6.37. The molecule has 0 amide bonds. The summed E-state index contributed by atoms with van der Waals surface area (Å²) in [5.74, 6) is -0.588. The largest absolute Gasteiger partial charge is 0.464 e. The Morgan fingerprint density at radius 2 is 1.80 bits per heavy atom. The van der Waals surface area contributed by atoms with Crippen molar-refractivity contribution in [3.63, 3.8) is 0 Å². The summed E-state index contributed by atoms with van der Waals surface area (Å²) >= 11 is 0. The van der Waals surface area contributed by atoms with Crippen molar-refractivity contribution < 1.29 is 23.9 Å². The number of hydrogen-bond donors (Lipinski definition) is 0. The average Bonchev–Trinajstić information content (AvgIpc) is 3.12. The lowest BCUT2D eigenvalue weighted by molar-refractivity contribution is -0.132. The highest BCUT2D eigenvalue weighted by molar-refractivity contribution is 6.43. The molecule has 1 unspecified atom stereocenters. The Hall–Kier alpha value is -2.41. The summed E-state index contributed by atoms with van der Waals surface area (Å²) in [5.41, 5.74) is 1.48. The zero-order valence-electron chi connectivity index (χ0n) is 15.5. The molecule has 1 fully saturated rings. The number of ether oxygens (including phenoxy) is 2. The van der Waals surface area contributed by atoms with E-state index in [2.05, 4.69) is 10.3 Å². The molecule has 0 aromatic heterocycles. The van der Waals surface area contributed by atoms with Gasteiger partial charge in [0.15, 0.2) is 5.71 Å². The van der Waals surface area contributed by atoms with Gasteiger partial charge < -0.3 is 19.1 Å². The molecule has 0 saturated carbocycles. The van der Waals surface area contributed by atoms with Crippen molar-refractivity contribution in [3.8, 4) is 0 Å². The van der Waals surface area contributed by atoms with Gasteiger partial charge in [0.05, 0.1) is 18.4 Å². The van der Waals surface area contributed by atoms with Crippen molar-refractivity contribution in [2.75, 3.05) is 14.2 Å². The number of esters is 1. The van der Waals surface area contributed by atoms with E-state index in [1.54, 1.807) is 12.1 Å². The molecule has 2 rings (SSSR count). The number of carbonyl (C=O) groups is 1. The zero-order chi connectivity index (χ0) is 18.7. The Labute approximate surface area is 147 Å². The molecule has 7 heteroatoms. The summed E-state index contributed by atoms with van der Waals surface area (Å²) in [5, 5.41) is 7.93. The summed E-state index contributed by atoms with van der Waals surface area (Å²) in [7, 11) is 2.66. The fraction of sp³-hybridized carbons (Fsp3) is 0.500. The van der Waals surface area contributed by atoms with E-state index in [-0.39, 0.29) is 17.9 Å². The second kappa shape index (κ2) is 7.23. The van der Waals surface area contributed by atoms with Crippen LogP contribution < -0.4 is 0 Å². The van der Waals surface area contributed by atoms with Gasteiger partial charge in [0.1, 0.15) is 19.3 Å². The van der Waals surface area contributed by atoms with Crippen molar-refractivity contribution in [3.05, 3.63) is 35.4 Å². The summed E-state index contributed by atoms with van der Waals surface area (Å²) in [4.78, 5) is 22.2. The van der Waals surface area contributed by atoms with Crippen LogP contribution in [-0.2, 0) is 30.6 Å². The van der Waals surface area contributed by atoms with Gasteiger partial charge in [-0.25, -0.2) is 4.79 Å². The monoisotopic (exact) mass is 348 g/mol. The van der Waals surface area contributed by atoms with Crippen LogP contribution in [0, 0.1) is 0 Å². The van der Waals surface area contributed by atoms with E-state index in [0.717, 1.165) is 11.3 Å². The fourth-order valence-corrected chi connectivity index (χ4v) is 2.54. The van der Waals surface area contributed by atoms with E-state index in [4.69, 9.17) is 19.1 Å². The molecule has 1 atom stereocenters. The minimum Gasteiger partial charge on any atom is -0.464 e. The van der Waals surface area contributed by atoms with E-state index in [0.29, 0.717) is 5.56 Å². The predicted molar refractivity (Wildman–Crippen MR) is 93.5 cm³/mol. The Morgan fingerprint density at radius 1 is 1.16 bits per heavy atom. The lowest BCUT2D eigenvalue weighted by Crippen LogP contribution is -2.25. The quantitative estimate of drug-likeness (QED) is 0.327. The third-order valence-electron chi connectivity index (χ3n) is 4.51. The summed E-state index contributed by atoms with van der Waals surface area (Å²) < 4.78 is 10.4. The van der Waals surface area contributed by atoms with E-state index in [1.165, 1.54) is 14.2 Å². The molecule has 0 radical (unpaired) electrons. The van der Waals surface area contributed by atoms with Crippen LogP contribution in [0.15, 0.2) is 34.6 Å². The molecule has 0 spiro atoms. The van der Waals surface area contributed by atoms with Gasteiger partial charge in [-0.3, -0.25) is 0 Å². The predicted octanol–water partition coefficient (Wildman–Crippen LogP) is 2.67. The smallest absolute Gasteiger partial charge is 0.360 e. The van der Waals surface area contributed by atoms with Gasteiger partial charge in [-0.05, 0) is 27.7 Å². The number of rotatable bonds is 7. The van der Waals surface area contributed by atoms with E-state index >= 15 is 0 Å². The van der Waals surface area contributed by atoms with Gasteiger partial charge in [0.25, 0.3) is 0 Å². The van der Waals surface area contributed by atoms with E-state index < -0.39 is 11.6 Å². The molecule has 0 aliphatic carbocycles. The number of nitrogens with zero attached hydrogens (tertiary/aromatic N) is 2. The number of carbonyl (C=O) groups excluding carboxylic acids is 1. The van der Waals surface area contributed by atoms with Crippen LogP contribution in [0.2, 0.25) is 0 Å². The third-order valence-corrected chi connectivity index (χ3v) is 4.51. The SMILES string of the molecule is CO/N=C(/C(=O)OC)c1ccccc1CO/N=C(\C)C1(C)OC1(C)C. The van der Waals surface area contributed by atoms with Crippen molar-refractivity contribution in [1.82, 2.24) is 0 Å². The Balaban J connectivity index is 2.16. The molecule has 0 bridgehead atoms. The number of hydrogen-bond acceptors (Lipinski definition) is 7. The van der Waals surface area contributed by atoms with Crippen LogP contribution in [0.3, 0.4) is 0 Å². The maximum atomic E-state index is 11.9. The average molecular weight is 348 g/mol. The van der Waals surface area contributed by atoms with Gasteiger partial charge in [-0.1, -0.05) is 34.6 Å². The summed E-state index contributed by atoms with van der Waals surface area (Å²) in [6, 6.07) is 7.21. The fourth-order valence-electron chi connectivity index (χ4n) is 2.54. The maximum absolute atomic E-state index is 11.9. The van der Waals surface area contributed by atoms with E-state index in [1.807, 2.05) is 39.8 Å². The van der Waals surface area contributed by atoms with E-state index in [9.17, 15) is 4.79 Å². The van der Waals surface area contributed by atoms with Gasteiger partial charge >= 0.3 is 5.97 Å². The van der Waals surface area contributed by atoms with Gasteiger partial charge in [0.2, 0.25) is 0 Å². The molecule has 1 aliphatic rings. The molecule has 1 saturated heterocycles. The molecule has 1 heterocycles. The number of epoxide rings is 1. The molecule has 0 N–H and O–H groups in total. The van der Waals surface area contributed by atoms with Crippen LogP contribution in [0.4, 0.5) is 0 Å². The summed E-state index contributed by atoms with van der Waals surface area (Å²) in [6.45, 7) is 8.02. The number of oxime groups is 2. The maximum Gasteiger partial charge on any atom is 0.360 e. The zero-order valence-corrected chi connectivity index (χ0v) is 15.5. The molecular formula is C18H24N2O5. The van der Waals surface area contributed by atoms with Crippen molar-refractivity contribution in [1.29, 1.82) is 0 Å². The standard InChI is InChI=1S/C18H24N2O5/c1-12(18(4)17(2,3)25-18)19-24-11-13-9-7-8-10-14(13)15(20-23-6)16(21)22-5/h7-10H,11H2,1-6H3/b19-12+,20-15+. The third kappa shape index (κ3) is 3.82. The highest BCUT2D eigenvalue weighted by Crippen LogP contribution is 2.48. The van der Waals surface area contributed by atoms with Crippen molar-refractivity contribution >= 4 is 17.4 Å². The first-order valence-corrected chi connectivity index (χ1v) is 7.91. The molecule has 7 nitrogen and oxygen atoms in total. The molecule has 136 valence electrons. The minimum atomic E-state index is -0.588. The first kappa shape index (κ1) is 18.9.